The number of carbonyl (C=O) groups excluding carboxylic acids is 2. The first-order valence-electron chi connectivity index (χ1n) is 8.98. The molecule has 4 rings (SSSR count). The van der Waals surface area contributed by atoms with E-state index < -0.39 is 5.54 Å². The Labute approximate surface area is 156 Å². The quantitative estimate of drug-likeness (QED) is 0.882. The van der Waals surface area contributed by atoms with Crippen molar-refractivity contribution in [3.63, 3.8) is 0 Å². The number of halogens is 1. The van der Waals surface area contributed by atoms with Crippen molar-refractivity contribution in [2.75, 3.05) is 26.2 Å². The van der Waals surface area contributed by atoms with Crippen LogP contribution in [0.5, 0.6) is 0 Å². The van der Waals surface area contributed by atoms with Crippen LogP contribution >= 0.6 is 0 Å². The first-order valence-corrected chi connectivity index (χ1v) is 8.98. The van der Waals surface area contributed by atoms with E-state index in [0.717, 1.165) is 5.56 Å². The van der Waals surface area contributed by atoms with Gasteiger partial charge >= 0.3 is 0 Å². The van der Waals surface area contributed by atoms with Crippen molar-refractivity contribution < 1.29 is 18.4 Å². The zero-order chi connectivity index (χ0) is 18.9. The number of oxazole rings is 1. The average Bonchev–Trinajstić information content (AvgIpc) is 3.27. The molecule has 7 nitrogen and oxygen atoms in total. The molecule has 1 spiro atoms. The zero-order valence-electron chi connectivity index (χ0n) is 14.9. The number of rotatable bonds is 3. The predicted octanol–water partition coefficient (Wildman–Crippen LogP) is 1.42. The Kier molecular flexibility index (Phi) is 4.65. The highest BCUT2D eigenvalue weighted by molar-refractivity contribution is 5.92. The summed E-state index contributed by atoms with van der Waals surface area (Å²) in [5.41, 5.74) is 0.636. The van der Waals surface area contributed by atoms with E-state index in [4.69, 9.17) is 4.42 Å². The molecule has 2 amide bonds. The third-order valence-electron chi connectivity index (χ3n) is 5.17. The van der Waals surface area contributed by atoms with Gasteiger partial charge in [0.05, 0.1) is 5.54 Å². The average molecular weight is 372 g/mol. The summed E-state index contributed by atoms with van der Waals surface area (Å²) in [4.78, 5) is 32.6. The molecule has 2 aromatic rings. The monoisotopic (exact) mass is 372 g/mol. The highest BCUT2D eigenvalue weighted by Crippen LogP contribution is 2.27. The third kappa shape index (κ3) is 3.85. The van der Waals surface area contributed by atoms with Gasteiger partial charge in [-0.25, -0.2) is 9.37 Å². The molecule has 142 valence electrons. The number of amides is 2. The van der Waals surface area contributed by atoms with E-state index in [0.29, 0.717) is 45.6 Å². The van der Waals surface area contributed by atoms with Gasteiger partial charge in [0.2, 0.25) is 5.91 Å². The summed E-state index contributed by atoms with van der Waals surface area (Å²) >= 11 is 0. The van der Waals surface area contributed by atoms with E-state index in [-0.39, 0.29) is 23.3 Å². The first-order chi connectivity index (χ1) is 13.0. The smallest absolute Gasteiger partial charge is 0.275 e. The standard InChI is InChI=1S/C19H21FN4O3/c20-15-3-1-2-14(8-15)9-23-6-4-17(25)22-19(11-23)5-7-24(12-19)18(26)16-10-27-13-21-16/h1-3,8,10,13H,4-7,9,11-12H2,(H,22,25). The van der Waals surface area contributed by atoms with Gasteiger partial charge in [0.15, 0.2) is 12.1 Å². The molecule has 1 aromatic carbocycles. The van der Waals surface area contributed by atoms with Gasteiger partial charge in [0, 0.05) is 39.1 Å². The maximum absolute atomic E-state index is 13.5. The molecule has 8 heteroatoms. The predicted molar refractivity (Wildman–Crippen MR) is 94.2 cm³/mol. The number of carbonyl (C=O) groups is 2. The van der Waals surface area contributed by atoms with Gasteiger partial charge in [-0.2, -0.15) is 0 Å². The highest BCUT2D eigenvalue weighted by Gasteiger charge is 2.44. The Balaban J connectivity index is 1.49. The Morgan fingerprint density at radius 2 is 2.22 bits per heavy atom. The van der Waals surface area contributed by atoms with Gasteiger partial charge in [-0.1, -0.05) is 12.1 Å². The number of aromatic nitrogens is 1. The van der Waals surface area contributed by atoms with Crippen LogP contribution in [0.3, 0.4) is 0 Å². The zero-order valence-corrected chi connectivity index (χ0v) is 14.9. The highest BCUT2D eigenvalue weighted by atomic mass is 19.1. The lowest BCUT2D eigenvalue weighted by atomic mass is 9.98. The normalized spacial score (nSPS) is 23.4. The van der Waals surface area contributed by atoms with Crippen molar-refractivity contribution >= 4 is 11.8 Å². The number of hydrogen-bond donors (Lipinski definition) is 1. The molecule has 2 aliphatic heterocycles. The van der Waals surface area contributed by atoms with Crippen molar-refractivity contribution in [3.8, 4) is 0 Å². The lowest BCUT2D eigenvalue weighted by molar-refractivity contribution is -0.122. The van der Waals surface area contributed by atoms with Crippen molar-refractivity contribution in [1.82, 2.24) is 20.1 Å². The number of benzene rings is 1. The van der Waals surface area contributed by atoms with Gasteiger partial charge in [-0.15, -0.1) is 0 Å². The summed E-state index contributed by atoms with van der Waals surface area (Å²) in [7, 11) is 0. The molecule has 2 aliphatic rings. The van der Waals surface area contributed by atoms with Gasteiger partial charge in [0.25, 0.3) is 5.91 Å². The van der Waals surface area contributed by atoms with Gasteiger partial charge in [0.1, 0.15) is 12.1 Å². The van der Waals surface area contributed by atoms with Crippen LogP contribution in [-0.2, 0) is 11.3 Å². The summed E-state index contributed by atoms with van der Waals surface area (Å²) in [6, 6.07) is 6.51. The minimum Gasteiger partial charge on any atom is -0.451 e. The molecular weight excluding hydrogens is 351 g/mol. The molecule has 1 unspecified atom stereocenters. The van der Waals surface area contributed by atoms with Crippen LogP contribution in [0.2, 0.25) is 0 Å². The second kappa shape index (κ2) is 7.11. The Bertz CT molecular complexity index is 841. The molecular formula is C19H21FN4O3. The fourth-order valence-electron chi connectivity index (χ4n) is 3.95. The lowest BCUT2D eigenvalue weighted by Gasteiger charge is -2.33. The second-order valence-corrected chi connectivity index (χ2v) is 7.27. The van der Waals surface area contributed by atoms with Crippen LogP contribution in [0.25, 0.3) is 0 Å². The van der Waals surface area contributed by atoms with Gasteiger partial charge in [-0.3, -0.25) is 14.5 Å². The van der Waals surface area contributed by atoms with Crippen LogP contribution in [0.15, 0.2) is 41.3 Å². The number of nitrogens with one attached hydrogen (secondary N) is 1. The van der Waals surface area contributed by atoms with Crippen LogP contribution in [0, 0.1) is 5.82 Å². The number of hydrogen-bond acceptors (Lipinski definition) is 5. The number of nitrogens with zero attached hydrogens (tertiary/aromatic N) is 3. The molecule has 2 saturated heterocycles. The van der Waals surface area contributed by atoms with E-state index >= 15 is 0 Å². The van der Waals surface area contributed by atoms with Gasteiger partial charge < -0.3 is 14.6 Å². The van der Waals surface area contributed by atoms with Crippen molar-refractivity contribution in [2.24, 2.45) is 0 Å². The molecule has 1 atom stereocenters. The van der Waals surface area contributed by atoms with Crippen molar-refractivity contribution in [1.29, 1.82) is 0 Å². The summed E-state index contributed by atoms with van der Waals surface area (Å²) in [5, 5.41) is 3.12. The Hall–Kier alpha value is -2.74. The van der Waals surface area contributed by atoms with E-state index in [1.165, 1.54) is 24.8 Å². The van der Waals surface area contributed by atoms with Gasteiger partial charge in [-0.05, 0) is 24.1 Å². The SMILES string of the molecule is O=C1CCN(Cc2cccc(F)c2)CC2(CCN(C(=O)c3cocn3)C2)N1. The fourth-order valence-corrected chi connectivity index (χ4v) is 3.95. The summed E-state index contributed by atoms with van der Waals surface area (Å²) in [5.74, 6) is -0.486. The molecule has 0 bridgehead atoms. The lowest BCUT2D eigenvalue weighted by Crippen LogP contribution is -2.55. The molecule has 1 N–H and O–H groups in total. The van der Waals surface area contributed by atoms with E-state index in [1.807, 2.05) is 6.07 Å². The Morgan fingerprint density at radius 1 is 1.33 bits per heavy atom. The van der Waals surface area contributed by atoms with Crippen LogP contribution in [0.4, 0.5) is 4.39 Å². The largest absolute Gasteiger partial charge is 0.451 e. The molecule has 3 heterocycles. The van der Waals surface area contributed by atoms with E-state index in [1.54, 1.807) is 11.0 Å². The molecule has 0 aliphatic carbocycles. The van der Waals surface area contributed by atoms with Crippen LogP contribution in [0.1, 0.15) is 28.9 Å². The summed E-state index contributed by atoms with van der Waals surface area (Å²) in [6.45, 7) is 2.73. The maximum atomic E-state index is 13.5. The minimum absolute atomic E-state index is 0.0209. The molecule has 0 radical (unpaired) electrons. The minimum atomic E-state index is -0.500. The first kappa shape index (κ1) is 17.7. The summed E-state index contributed by atoms with van der Waals surface area (Å²) < 4.78 is 18.4. The molecule has 27 heavy (non-hydrogen) atoms. The molecule has 0 saturated carbocycles. The van der Waals surface area contributed by atoms with Crippen molar-refractivity contribution in [3.05, 3.63) is 54.0 Å². The fraction of sp³-hybridized carbons (Fsp3) is 0.421. The topological polar surface area (TPSA) is 78.7 Å². The van der Waals surface area contributed by atoms with Crippen molar-refractivity contribution in [2.45, 2.75) is 24.9 Å². The Morgan fingerprint density at radius 3 is 3.00 bits per heavy atom. The third-order valence-corrected chi connectivity index (χ3v) is 5.17. The van der Waals surface area contributed by atoms with Crippen LogP contribution in [-0.4, -0.2) is 58.3 Å². The molecule has 2 fully saturated rings. The van der Waals surface area contributed by atoms with E-state index in [9.17, 15) is 14.0 Å². The number of likely N-dealkylation sites (tertiary alicyclic amines) is 1. The molecule has 1 aromatic heterocycles. The van der Waals surface area contributed by atoms with Crippen LogP contribution < -0.4 is 5.32 Å². The second-order valence-electron chi connectivity index (χ2n) is 7.27. The van der Waals surface area contributed by atoms with E-state index in [2.05, 4.69) is 15.2 Å². The summed E-state index contributed by atoms with van der Waals surface area (Å²) in [6.07, 6.45) is 3.61. The maximum Gasteiger partial charge on any atom is 0.275 e.